The van der Waals surface area contributed by atoms with Gasteiger partial charge in [0.15, 0.2) is 0 Å². The molecule has 0 bridgehead atoms. The maximum Gasteiger partial charge on any atom is 0.0577 e. The first-order chi connectivity index (χ1) is 9.22. The fourth-order valence-electron chi connectivity index (χ4n) is 2.04. The van der Waals surface area contributed by atoms with Crippen LogP contribution < -0.4 is 5.32 Å². The molecule has 2 rings (SSSR count). The molecule has 0 aliphatic carbocycles. The van der Waals surface area contributed by atoms with E-state index in [1.165, 1.54) is 9.75 Å². The average molecular weight is 339 g/mol. The maximum absolute atomic E-state index is 4.52. The van der Waals surface area contributed by atoms with Crippen molar-refractivity contribution >= 4 is 27.3 Å². The summed E-state index contributed by atoms with van der Waals surface area (Å²) in [5.41, 5.74) is 1.11. The van der Waals surface area contributed by atoms with Gasteiger partial charge >= 0.3 is 0 Å². The summed E-state index contributed by atoms with van der Waals surface area (Å²) in [6.07, 6.45) is 3.99. The average Bonchev–Trinajstić information content (AvgIpc) is 2.87. The summed E-state index contributed by atoms with van der Waals surface area (Å²) < 4.78 is 1.02. The molecule has 2 nitrogen and oxygen atoms in total. The second-order valence-corrected chi connectivity index (χ2v) is 6.61. The standard InChI is InChI=1S/C15H19BrN2S/c1-3-12-6-7-13(19-12)9-15(17-4-2)14-8-5-11(16)10-18-14/h5-8,10,15,17H,3-4,9H2,1-2H3. The summed E-state index contributed by atoms with van der Waals surface area (Å²) in [5.74, 6) is 0. The van der Waals surface area contributed by atoms with Crippen molar-refractivity contribution in [2.24, 2.45) is 0 Å². The van der Waals surface area contributed by atoms with Crippen LogP contribution in [0.5, 0.6) is 0 Å². The summed E-state index contributed by atoms with van der Waals surface area (Å²) in [6, 6.07) is 8.91. The van der Waals surface area contributed by atoms with Gasteiger partial charge in [-0.1, -0.05) is 13.8 Å². The van der Waals surface area contributed by atoms with Gasteiger partial charge in [-0.3, -0.25) is 4.98 Å². The van der Waals surface area contributed by atoms with E-state index in [1.54, 1.807) is 0 Å². The minimum absolute atomic E-state index is 0.293. The zero-order chi connectivity index (χ0) is 13.7. The molecule has 2 aromatic rings. The number of halogens is 1. The SMILES string of the molecule is CCNC(Cc1ccc(CC)s1)c1ccc(Br)cn1. The molecule has 0 aliphatic rings. The van der Waals surface area contributed by atoms with Gasteiger partial charge in [0.05, 0.1) is 11.7 Å². The van der Waals surface area contributed by atoms with E-state index in [9.17, 15) is 0 Å². The summed E-state index contributed by atoms with van der Waals surface area (Å²) in [6.45, 7) is 5.29. The van der Waals surface area contributed by atoms with E-state index in [1.807, 2.05) is 17.5 Å². The van der Waals surface area contributed by atoms with Gasteiger partial charge in [0.25, 0.3) is 0 Å². The Morgan fingerprint density at radius 2 is 2.00 bits per heavy atom. The summed E-state index contributed by atoms with van der Waals surface area (Å²) in [4.78, 5) is 7.39. The van der Waals surface area contributed by atoms with Crippen LogP contribution in [0.25, 0.3) is 0 Å². The van der Waals surface area contributed by atoms with Gasteiger partial charge < -0.3 is 5.32 Å². The van der Waals surface area contributed by atoms with Gasteiger partial charge in [0.2, 0.25) is 0 Å². The van der Waals surface area contributed by atoms with Crippen LogP contribution in [-0.2, 0) is 12.8 Å². The fourth-order valence-corrected chi connectivity index (χ4v) is 3.28. The summed E-state index contributed by atoms with van der Waals surface area (Å²) >= 11 is 5.34. The van der Waals surface area contributed by atoms with Crippen LogP contribution in [0.1, 0.15) is 35.3 Å². The van der Waals surface area contributed by atoms with E-state index >= 15 is 0 Å². The molecule has 0 spiro atoms. The highest BCUT2D eigenvalue weighted by Crippen LogP contribution is 2.24. The summed E-state index contributed by atoms with van der Waals surface area (Å²) in [7, 11) is 0. The molecule has 0 amide bonds. The second-order valence-electron chi connectivity index (χ2n) is 4.44. The third-order valence-corrected chi connectivity index (χ3v) is 4.75. The Labute approximate surface area is 127 Å². The van der Waals surface area contributed by atoms with E-state index in [0.717, 1.165) is 29.6 Å². The van der Waals surface area contributed by atoms with Crippen LogP contribution in [-0.4, -0.2) is 11.5 Å². The van der Waals surface area contributed by atoms with Crippen molar-refractivity contribution in [3.63, 3.8) is 0 Å². The topological polar surface area (TPSA) is 24.9 Å². The zero-order valence-corrected chi connectivity index (χ0v) is 13.7. The summed E-state index contributed by atoms with van der Waals surface area (Å²) in [5, 5.41) is 3.52. The lowest BCUT2D eigenvalue weighted by molar-refractivity contribution is 0.540. The molecule has 0 saturated carbocycles. The number of pyridine rings is 1. The van der Waals surface area contributed by atoms with Crippen molar-refractivity contribution in [3.05, 3.63) is 50.4 Å². The number of aromatic nitrogens is 1. The number of nitrogens with one attached hydrogen (secondary N) is 1. The highest BCUT2D eigenvalue weighted by atomic mass is 79.9. The first-order valence-electron chi connectivity index (χ1n) is 6.65. The number of hydrogen-bond donors (Lipinski definition) is 1. The minimum atomic E-state index is 0.293. The molecule has 102 valence electrons. The van der Waals surface area contributed by atoms with E-state index in [-0.39, 0.29) is 0 Å². The lowest BCUT2D eigenvalue weighted by Crippen LogP contribution is -2.23. The lowest BCUT2D eigenvalue weighted by atomic mass is 10.1. The molecule has 19 heavy (non-hydrogen) atoms. The Bertz CT molecular complexity index is 507. The molecule has 1 atom stereocenters. The van der Waals surface area contributed by atoms with Gasteiger partial charge in [0.1, 0.15) is 0 Å². The molecule has 0 radical (unpaired) electrons. The Balaban J connectivity index is 2.13. The number of likely N-dealkylation sites (N-methyl/N-ethyl adjacent to an activating group) is 1. The van der Waals surface area contributed by atoms with Crippen LogP contribution in [0, 0.1) is 0 Å². The highest BCUT2D eigenvalue weighted by Gasteiger charge is 2.13. The molecular weight excluding hydrogens is 320 g/mol. The van der Waals surface area contributed by atoms with Gasteiger partial charge in [-0.05, 0) is 53.2 Å². The van der Waals surface area contributed by atoms with Crippen molar-refractivity contribution in [2.75, 3.05) is 6.54 Å². The van der Waals surface area contributed by atoms with Crippen LogP contribution >= 0.6 is 27.3 Å². The van der Waals surface area contributed by atoms with Gasteiger partial charge in [-0.2, -0.15) is 0 Å². The van der Waals surface area contributed by atoms with Crippen molar-refractivity contribution in [1.82, 2.24) is 10.3 Å². The van der Waals surface area contributed by atoms with Crippen LogP contribution in [0.2, 0.25) is 0 Å². The van der Waals surface area contributed by atoms with E-state index < -0.39 is 0 Å². The zero-order valence-electron chi connectivity index (χ0n) is 11.3. The molecule has 2 heterocycles. The van der Waals surface area contributed by atoms with E-state index in [0.29, 0.717) is 6.04 Å². The predicted octanol–water partition coefficient (Wildman–Crippen LogP) is 4.36. The smallest absolute Gasteiger partial charge is 0.0577 e. The molecule has 0 aliphatic heterocycles. The Hall–Kier alpha value is -0.710. The molecule has 0 saturated heterocycles. The van der Waals surface area contributed by atoms with Crippen molar-refractivity contribution < 1.29 is 0 Å². The number of aryl methyl sites for hydroxylation is 1. The first-order valence-corrected chi connectivity index (χ1v) is 8.26. The van der Waals surface area contributed by atoms with Crippen LogP contribution in [0.3, 0.4) is 0 Å². The molecule has 0 aromatic carbocycles. The van der Waals surface area contributed by atoms with Crippen molar-refractivity contribution in [1.29, 1.82) is 0 Å². The highest BCUT2D eigenvalue weighted by molar-refractivity contribution is 9.10. The predicted molar refractivity (Wildman–Crippen MR) is 85.8 cm³/mol. The van der Waals surface area contributed by atoms with Gasteiger partial charge in [-0.25, -0.2) is 0 Å². The third-order valence-electron chi connectivity index (χ3n) is 3.03. The lowest BCUT2D eigenvalue weighted by Gasteiger charge is -2.16. The second kappa shape index (κ2) is 7.17. The van der Waals surface area contributed by atoms with Crippen LogP contribution in [0.15, 0.2) is 34.9 Å². The Morgan fingerprint density at radius 3 is 2.58 bits per heavy atom. The Kier molecular flexibility index (Phi) is 5.55. The third kappa shape index (κ3) is 4.13. The van der Waals surface area contributed by atoms with Gasteiger partial charge in [-0.15, -0.1) is 11.3 Å². The molecular formula is C15H19BrN2S. The molecule has 4 heteroatoms. The van der Waals surface area contributed by atoms with Crippen molar-refractivity contribution in [2.45, 2.75) is 32.7 Å². The molecule has 1 unspecified atom stereocenters. The fraction of sp³-hybridized carbons (Fsp3) is 0.400. The normalized spacial score (nSPS) is 12.6. The molecule has 0 fully saturated rings. The number of nitrogens with zero attached hydrogens (tertiary/aromatic N) is 1. The Morgan fingerprint density at radius 1 is 1.21 bits per heavy atom. The first kappa shape index (κ1) is 14.7. The quantitative estimate of drug-likeness (QED) is 0.846. The number of hydrogen-bond acceptors (Lipinski definition) is 3. The van der Waals surface area contributed by atoms with E-state index in [4.69, 9.17) is 0 Å². The largest absolute Gasteiger partial charge is 0.309 e. The molecule has 1 N–H and O–H groups in total. The minimum Gasteiger partial charge on any atom is -0.309 e. The number of rotatable bonds is 6. The van der Waals surface area contributed by atoms with Gasteiger partial charge in [0, 0.05) is 26.8 Å². The van der Waals surface area contributed by atoms with E-state index in [2.05, 4.69) is 64.3 Å². The van der Waals surface area contributed by atoms with Crippen molar-refractivity contribution in [3.8, 4) is 0 Å². The monoisotopic (exact) mass is 338 g/mol. The maximum atomic E-state index is 4.52. The number of thiophene rings is 1. The van der Waals surface area contributed by atoms with Crippen LogP contribution in [0.4, 0.5) is 0 Å². The molecule has 2 aromatic heterocycles.